The molecule has 128 valence electrons. The first-order valence-corrected chi connectivity index (χ1v) is 9.10. The Labute approximate surface area is 145 Å². The highest BCUT2D eigenvalue weighted by Crippen LogP contribution is 2.16. The molecular weight excluding hydrogens is 325 g/mol. The zero-order valence-electron chi connectivity index (χ0n) is 13.7. The number of nitrogens with one attached hydrogen (secondary N) is 1. The van der Waals surface area contributed by atoms with Crippen LogP contribution in [0, 0.1) is 5.82 Å². The van der Waals surface area contributed by atoms with Gasteiger partial charge in [-0.15, -0.1) is 0 Å². The molecule has 1 fully saturated rings. The molecule has 1 unspecified atom stereocenters. The highest BCUT2D eigenvalue weighted by Gasteiger charge is 2.26. The summed E-state index contributed by atoms with van der Waals surface area (Å²) in [5, 5.41) is 6.96. The van der Waals surface area contributed by atoms with E-state index in [-0.39, 0.29) is 17.6 Å². The molecule has 1 saturated heterocycles. The minimum atomic E-state index is -0.404. The number of anilines is 1. The Kier molecular flexibility index (Phi) is 5.60. The molecule has 4 nitrogen and oxygen atoms in total. The molecule has 2 aromatic rings. The van der Waals surface area contributed by atoms with Gasteiger partial charge in [0, 0.05) is 32.7 Å². The summed E-state index contributed by atoms with van der Waals surface area (Å²) in [6, 6.07) is 8.14. The lowest BCUT2D eigenvalue weighted by Crippen LogP contribution is -2.52. The zero-order valence-corrected chi connectivity index (χ0v) is 14.6. The van der Waals surface area contributed by atoms with Gasteiger partial charge in [-0.05, 0) is 41.4 Å². The van der Waals surface area contributed by atoms with Crippen molar-refractivity contribution in [1.82, 2.24) is 9.80 Å². The maximum absolute atomic E-state index is 13.7. The van der Waals surface area contributed by atoms with E-state index in [4.69, 9.17) is 0 Å². The molecule has 1 aromatic carbocycles. The normalized spacial score (nSPS) is 17.6. The summed E-state index contributed by atoms with van der Waals surface area (Å²) in [6.07, 6.45) is 0. The predicted molar refractivity (Wildman–Crippen MR) is 95.7 cm³/mol. The van der Waals surface area contributed by atoms with Gasteiger partial charge in [0.15, 0.2) is 0 Å². The minimum Gasteiger partial charge on any atom is -0.322 e. The van der Waals surface area contributed by atoms with E-state index < -0.39 is 5.82 Å². The van der Waals surface area contributed by atoms with Crippen LogP contribution in [-0.4, -0.2) is 47.9 Å². The lowest BCUT2D eigenvalue weighted by Gasteiger charge is -2.37. The van der Waals surface area contributed by atoms with Crippen LogP contribution in [-0.2, 0) is 11.3 Å². The smallest absolute Gasteiger partial charge is 0.241 e. The fraction of sp³-hybridized carbons (Fsp3) is 0.389. The maximum Gasteiger partial charge on any atom is 0.241 e. The Balaban J connectivity index is 1.50. The third kappa shape index (κ3) is 4.20. The average Bonchev–Trinajstić information content (AvgIpc) is 3.10. The lowest BCUT2D eigenvalue weighted by molar-refractivity contribution is -0.121. The fourth-order valence-electron chi connectivity index (χ4n) is 2.92. The van der Waals surface area contributed by atoms with Crippen molar-refractivity contribution >= 4 is 22.9 Å². The van der Waals surface area contributed by atoms with Crippen LogP contribution < -0.4 is 5.32 Å². The molecule has 2 heterocycles. The predicted octanol–water partition coefficient (Wildman–Crippen LogP) is 3.03. The van der Waals surface area contributed by atoms with Crippen LogP contribution in [0.25, 0.3) is 0 Å². The molecule has 0 aliphatic carbocycles. The van der Waals surface area contributed by atoms with E-state index in [0.717, 1.165) is 32.7 Å². The summed E-state index contributed by atoms with van der Waals surface area (Å²) in [4.78, 5) is 16.9. The molecule has 1 atom stereocenters. The summed E-state index contributed by atoms with van der Waals surface area (Å²) >= 11 is 1.72. The average molecular weight is 347 g/mol. The van der Waals surface area contributed by atoms with Crippen LogP contribution >= 0.6 is 11.3 Å². The van der Waals surface area contributed by atoms with Crippen molar-refractivity contribution in [3.8, 4) is 0 Å². The number of carbonyl (C=O) groups is 1. The number of nitrogens with zero attached hydrogens (tertiary/aromatic N) is 2. The Morgan fingerprint density at radius 1 is 1.25 bits per heavy atom. The van der Waals surface area contributed by atoms with Crippen LogP contribution in [0.15, 0.2) is 41.1 Å². The molecule has 1 aromatic heterocycles. The summed E-state index contributed by atoms with van der Waals surface area (Å²) in [7, 11) is 0. The second kappa shape index (κ2) is 7.88. The molecule has 0 saturated carbocycles. The Hall–Kier alpha value is -1.76. The van der Waals surface area contributed by atoms with Gasteiger partial charge in [-0.3, -0.25) is 14.6 Å². The van der Waals surface area contributed by atoms with E-state index >= 15 is 0 Å². The third-order valence-electron chi connectivity index (χ3n) is 4.45. The van der Waals surface area contributed by atoms with Crippen LogP contribution in [0.4, 0.5) is 10.1 Å². The summed E-state index contributed by atoms with van der Waals surface area (Å²) < 4.78 is 13.7. The van der Waals surface area contributed by atoms with Gasteiger partial charge < -0.3 is 5.32 Å². The first kappa shape index (κ1) is 17.1. The molecule has 1 aliphatic rings. The van der Waals surface area contributed by atoms with Gasteiger partial charge >= 0.3 is 0 Å². The summed E-state index contributed by atoms with van der Waals surface area (Å²) in [6.45, 7) is 6.41. The second-order valence-corrected chi connectivity index (χ2v) is 6.87. The lowest BCUT2D eigenvalue weighted by atomic mass is 10.2. The Bertz CT molecular complexity index is 669. The maximum atomic E-state index is 13.7. The van der Waals surface area contributed by atoms with Crippen LogP contribution in [0.1, 0.15) is 12.5 Å². The second-order valence-electron chi connectivity index (χ2n) is 6.09. The minimum absolute atomic E-state index is 0.161. The highest BCUT2D eigenvalue weighted by molar-refractivity contribution is 7.07. The van der Waals surface area contributed by atoms with Crippen molar-refractivity contribution in [3.05, 3.63) is 52.5 Å². The van der Waals surface area contributed by atoms with Crippen molar-refractivity contribution in [1.29, 1.82) is 0 Å². The number of benzene rings is 1. The Morgan fingerprint density at radius 3 is 2.67 bits per heavy atom. The van der Waals surface area contributed by atoms with E-state index in [2.05, 4.69) is 31.9 Å². The molecule has 6 heteroatoms. The standard InChI is InChI=1S/C18H22FN3OS/c1-14(18(23)20-17-5-3-2-4-16(17)19)22-9-7-21(8-10-22)12-15-6-11-24-13-15/h2-6,11,13-14H,7-10,12H2,1H3,(H,20,23). The monoisotopic (exact) mass is 347 g/mol. The van der Waals surface area contributed by atoms with Gasteiger partial charge in [-0.25, -0.2) is 4.39 Å². The van der Waals surface area contributed by atoms with Crippen molar-refractivity contribution in [3.63, 3.8) is 0 Å². The van der Waals surface area contributed by atoms with Crippen molar-refractivity contribution < 1.29 is 9.18 Å². The quantitative estimate of drug-likeness (QED) is 0.903. The number of carbonyl (C=O) groups excluding carboxylic acids is 1. The number of hydrogen-bond donors (Lipinski definition) is 1. The molecule has 1 aliphatic heterocycles. The molecule has 1 amide bonds. The molecular formula is C18H22FN3OS. The van der Waals surface area contributed by atoms with E-state index in [1.165, 1.54) is 11.6 Å². The number of halogens is 1. The fourth-order valence-corrected chi connectivity index (χ4v) is 3.57. The van der Waals surface area contributed by atoms with E-state index in [0.29, 0.717) is 0 Å². The zero-order chi connectivity index (χ0) is 16.9. The van der Waals surface area contributed by atoms with Gasteiger partial charge in [-0.1, -0.05) is 12.1 Å². The topological polar surface area (TPSA) is 35.6 Å². The van der Waals surface area contributed by atoms with E-state index in [1.54, 1.807) is 29.5 Å². The number of hydrogen-bond acceptors (Lipinski definition) is 4. The van der Waals surface area contributed by atoms with Gasteiger partial charge in [-0.2, -0.15) is 11.3 Å². The third-order valence-corrected chi connectivity index (χ3v) is 5.18. The molecule has 24 heavy (non-hydrogen) atoms. The SMILES string of the molecule is CC(C(=O)Nc1ccccc1F)N1CCN(Cc2ccsc2)CC1. The van der Waals surface area contributed by atoms with Gasteiger partial charge in [0.2, 0.25) is 5.91 Å². The van der Waals surface area contributed by atoms with Crippen LogP contribution in [0.2, 0.25) is 0 Å². The van der Waals surface area contributed by atoms with Crippen molar-refractivity contribution in [2.24, 2.45) is 0 Å². The largest absolute Gasteiger partial charge is 0.322 e. The number of rotatable bonds is 5. The highest BCUT2D eigenvalue weighted by atomic mass is 32.1. The molecule has 0 bridgehead atoms. The van der Waals surface area contributed by atoms with Crippen molar-refractivity contribution in [2.45, 2.75) is 19.5 Å². The molecule has 1 N–H and O–H groups in total. The molecule has 0 spiro atoms. The van der Waals surface area contributed by atoms with Gasteiger partial charge in [0.1, 0.15) is 5.82 Å². The van der Waals surface area contributed by atoms with Crippen LogP contribution in [0.3, 0.4) is 0 Å². The van der Waals surface area contributed by atoms with Gasteiger partial charge in [0.25, 0.3) is 0 Å². The number of piperazine rings is 1. The number of thiophene rings is 1. The molecule has 0 radical (unpaired) electrons. The first-order valence-electron chi connectivity index (χ1n) is 8.16. The summed E-state index contributed by atoms with van der Waals surface area (Å²) in [5.41, 5.74) is 1.59. The molecule has 3 rings (SSSR count). The van der Waals surface area contributed by atoms with Crippen LogP contribution in [0.5, 0.6) is 0 Å². The van der Waals surface area contributed by atoms with E-state index in [1.807, 2.05) is 6.92 Å². The Morgan fingerprint density at radius 2 is 2.00 bits per heavy atom. The van der Waals surface area contributed by atoms with E-state index in [9.17, 15) is 9.18 Å². The number of para-hydroxylation sites is 1. The summed E-state index contributed by atoms with van der Waals surface area (Å²) in [5.74, 6) is -0.565. The van der Waals surface area contributed by atoms with Crippen molar-refractivity contribution in [2.75, 3.05) is 31.5 Å². The van der Waals surface area contributed by atoms with Gasteiger partial charge in [0.05, 0.1) is 11.7 Å². The first-order chi connectivity index (χ1) is 11.6. The number of amides is 1.